The molecule has 8 nitrogen and oxygen atoms in total. The van der Waals surface area contributed by atoms with Crippen molar-refractivity contribution in [2.24, 2.45) is 0 Å². The first kappa shape index (κ1) is 20.9. The zero-order chi connectivity index (χ0) is 21.0. The Morgan fingerprint density at radius 2 is 1.90 bits per heavy atom. The second-order valence-corrected chi connectivity index (χ2v) is 8.52. The number of sulfonamides is 1. The zero-order valence-electron chi connectivity index (χ0n) is 15.6. The highest BCUT2D eigenvalue weighted by molar-refractivity contribution is 9.10. The maximum absolute atomic E-state index is 12.4. The SMILES string of the molecule is CCOc1ccc(C(=O)Nc2ccc(S(=O)(=O)Nc3cc(C)on3)cc2)cc1Br. The quantitative estimate of drug-likeness (QED) is 0.525. The maximum Gasteiger partial charge on any atom is 0.263 e. The summed E-state index contributed by atoms with van der Waals surface area (Å²) in [6.07, 6.45) is 0. The van der Waals surface area contributed by atoms with E-state index in [1.54, 1.807) is 25.1 Å². The average Bonchev–Trinajstić information content (AvgIpc) is 3.08. The van der Waals surface area contributed by atoms with Gasteiger partial charge in [-0.05, 0) is 72.2 Å². The normalized spacial score (nSPS) is 11.1. The Balaban J connectivity index is 1.70. The van der Waals surface area contributed by atoms with Gasteiger partial charge in [-0.3, -0.25) is 9.52 Å². The van der Waals surface area contributed by atoms with E-state index in [4.69, 9.17) is 9.26 Å². The molecule has 10 heteroatoms. The Hall–Kier alpha value is -2.85. The molecule has 0 saturated heterocycles. The van der Waals surface area contributed by atoms with Crippen molar-refractivity contribution >= 4 is 43.4 Å². The highest BCUT2D eigenvalue weighted by Gasteiger charge is 2.17. The van der Waals surface area contributed by atoms with Crippen LogP contribution in [-0.4, -0.2) is 26.1 Å². The second-order valence-electron chi connectivity index (χ2n) is 5.99. The Morgan fingerprint density at radius 3 is 2.48 bits per heavy atom. The first-order valence-electron chi connectivity index (χ1n) is 8.58. The molecule has 152 valence electrons. The van der Waals surface area contributed by atoms with Gasteiger partial charge in [-0.15, -0.1) is 0 Å². The van der Waals surface area contributed by atoms with Gasteiger partial charge >= 0.3 is 0 Å². The van der Waals surface area contributed by atoms with Crippen LogP contribution in [0.25, 0.3) is 0 Å². The molecule has 0 atom stereocenters. The Morgan fingerprint density at radius 1 is 1.17 bits per heavy atom. The van der Waals surface area contributed by atoms with E-state index in [2.05, 4.69) is 31.1 Å². The predicted octanol–water partition coefficient (Wildman–Crippen LogP) is 4.20. The van der Waals surface area contributed by atoms with Crippen LogP contribution in [0.2, 0.25) is 0 Å². The Kier molecular flexibility index (Phi) is 6.23. The number of carbonyl (C=O) groups is 1. The van der Waals surface area contributed by atoms with Gasteiger partial charge in [-0.2, -0.15) is 0 Å². The predicted molar refractivity (Wildman–Crippen MR) is 112 cm³/mol. The molecule has 2 N–H and O–H groups in total. The third kappa shape index (κ3) is 5.15. The fourth-order valence-corrected chi connectivity index (χ4v) is 3.92. The Bertz CT molecular complexity index is 1130. The van der Waals surface area contributed by atoms with Gasteiger partial charge in [-0.25, -0.2) is 8.42 Å². The highest BCUT2D eigenvalue weighted by atomic mass is 79.9. The van der Waals surface area contributed by atoms with Crippen LogP contribution in [0.1, 0.15) is 23.0 Å². The van der Waals surface area contributed by atoms with Crippen LogP contribution < -0.4 is 14.8 Å². The summed E-state index contributed by atoms with van der Waals surface area (Å²) in [6, 6.07) is 12.3. The van der Waals surface area contributed by atoms with Gasteiger partial charge in [0.15, 0.2) is 5.82 Å². The van der Waals surface area contributed by atoms with Gasteiger partial charge in [-0.1, -0.05) is 5.16 Å². The largest absolute Gasteiger partial charge is 0.493 e. The molecule has 2 aromatic carbocycles. The van der Waals surface area contributed by atoms with Gasteiger partial charge < -0.3 is 14.6 Å². The molecule has 0 fully saturated rings. The van der Waals surface area contributed by atoms with Crippen molar-refractivity contribution in [3.8, 4) is 5.75 Å². The second kappa shape index (κ2) is 8.66. The van der Waals surface area contributed by atoms with Crippen molar-refractivity contribution in [3.05, 3.63) is 64.3 Å². The standard InChI is InChI=1S/C19H18BrN3O5S/c1-3-27-17-9-4-13(11-16(17)20)19(24)21-14-5-7-15(8-6-14)29(25,26)23-18-10-12(2)28-22-18/h4-11H,3H2,1-2H3,(H,21,24)(H,22,23). The van der Waals surface area contributed by atoms with E-state index in [1.807, 2.05) is 6.92 Å². The third-order valence-electron chi connectivity index (χ3n) is 3.78. The summed E-state index contributed by atoms with van der Waals surface area (Å²) in [4.78, 5) is 12.5. The summed E-state index contributed by atoms with van der Waals surface area (Å²) in [5, 5.41) is 6.33. The molecular weight excluding hydrogens is 462 g/mol. The molecule has 0 radical (unpaired) electrons. The third-order valence-corrected chi connectivity index (χ3v) is 5.77. The van der Waals surface area contributed by atoms with Crippen molar-refractivity contribution in [1.29, 1.82) is 0 Å². The number of anilines is 2. The molecular formula is C19H18BrN3O5S. The number of aromatic nitrogens is 1. The number of carbonyl (C=O) groups excluding carboxylic acids is 1. The van der Waals surface area contributed by atoms with Crippen LogP contribution in [0.4, 0.5) is 11.5 Å². The minimum absolute atomic E-state index is 0.0277. The summed E-state index contributed by atoms with van der Waals surface area (Å²) < 4.78 is 38.0. The Labute approximate surface area is 176 Å². The zero-order valence-corrected chi connectivity index (χ0v) is 18.0. The smallest absolute Gasteiger partial charge is 0.263 e. The van der Waals surface area contributed by atoms with Gasteiger partial charge in [0, 0.05) is 17.3 Å². The molecule has 0 saturated carbocycles. The van der Waals surface area contributed by atoms with Crippen LogP contribution in [0.5, 0.6) is 5.75 Å². The lowest BCUT2D eigenvalue weighted by molar-refractivity contribution is 0.102. The van der Waals surface area contributed by atoms with Gasteiger partial charge in [0.2, 0.25) is 0 Å². The number of hydrogen-bond acceptors (Lipinski definition) is 6. The minimum Gasteiger partial charge on any atom is -0.493 e. The topological polar surface area (TPSA) is 111 Å². The first-order chi connectivity index (χ1) is 13.8. The lowest BCUT2D eigenvalue weighted by atomic mass is 10.2. The van der Waals surface area contributed by atoms with E-state index in [0.717, 1.165) is 0 Å². The van der Waals surface area contributed by atoms with Crippen molar-refractivity contribution in [1.82, 2.24) is 5.16 Å². The maximum atomic E-state index is 12.4. The molecule has 3 rings (SSSR count). The van der Waals surface area contributed by atoms with E-state index < -0.39 is 10.0 Å². The molecule has 0 aliphatic carbocycles. The molecule has 1 aromatic heterocycles. The lowest BCUT2D eigenvalue weighted by Gasteiger charge is -2.10. The van der Waals surface area contributed by atoms with Crippen LogP contribution in [0, 0.1) is 6.92 Å². The van der Waals surface area contributed by atoms with Gasteiger partial charge in [0.25, 0.3) is 15.9 Å². The molecule has 1 amide bonds. The lowest BCUT2D eigenvalue weighted by Crippen LogP contribution is -2.14. The van der Waals surface area contributed by atoms with E-state index in [0.29, 0.717) is 33.8 Å². The highest BCUT2D eigenvalue weighted by Crippen LogP contribution is 2.26. The van der Waals surface area contributed by atoms with E-state index in [9.17, 15) is 13.2 Å². The van der Waals surface area contributed by atoms with Crippen molar-refractivity contribution < 1.29 is 22.5 Å². The number of nitrogens with zero attached hydrogens (tertiary/aromatic N) is 1. The van der Waals surface area contributed by atoms with Crippen molar-refractivity contribution in [3.63, 3.8) is 0 Å². The van der Waals surface area contributed by atoms with Gasteiger partial charge in [0.1, 0.15) is 11.5 Å². The number of aryl methyl sites for hydroxylation is 1. The number of nitrogens with one attached hydrogen (secondary N) is 2. The van der Waals surface area contributed by atoms with Crippen molar-refractivity contribution in [2.45, 2.75) is 18.7 Å². The number of hydrogen-bond donors (Lipinski definition) is 2. The molecule has 0 aliphatic heterocycles. The first-order valence-corrected chi connectivity index (χ1v) is 10.9. The van der Waals surface area contributed by atoms with E-state index >= 15 is 0 Å². The number of amides is 1. The monoisotopic (exact) mass is 479 g/mol. The average molecular weight is 480 g/mol. The number of benzene rings is 2. The summed E-state index contributed by atoms with van der Waals surface area (Å²) >= 11 is 3.37. The van der Waals surface area contributed by atoms with Crippen LogP contribution in [-0.2, 0) is 10.0 Å². The van der Waals surface area contributed by atoms with Crippen molar-refractivity contribution in [2.75, 3.05) is 16.6 Å². The summed E-state index contributed by atoms with van der Waals surface area (Å²) in [5.41, 5.74) is 0.885. The summed E-state index contributed by atoms with van der Waals surface area (Å²) in [5.74, 6) is 0.900. The molecule has 29 heavy (non-hydrogen) atoms. The number of halogens is 1. The fourth-order valence-electron chi connectivity index (χ4n) is 2.45. The number of ether oxygens (including phenoxy) is 1. The molecule has 0 aliphatic rings. The van der Waals surface area contributed by atoms with Crippen LogP contribution in [0.3, 0.4) is 0 Å². The van der Waals surface area contributed by atoms with E-state index in [1.165, 1.54) is 30.3 Å². The fraction of sp³-hybridized carbons (Fsp3) is 0.158. The molecule has 3 aromatic rings. The molecule has 0 spiro atoms. The molecule has 0 unspecified atom stereocenters. The number of rotatable bonds is 7. The molecule has 0 bridgehead atoms. The van der Waals surface area contributed by atoms with Crippen LogP contribution in [0.15, 0.2) is 62.4 Å². The van der Waals surface area contributed by atoms with E-state index in [-0.39, 0.29) is 16.6 Å². The van der Waals surface area contributed by atoms with Gasteiger partial charge in [0.05, 0.1) is 16.0 Å². The summed E-state index contributed by atoms with van der Waals surface area (Å²) in [6.45, 7) is 4.05. The minimum atomic E-state index is -3.82. The summed E-state index contributed by atoms with van der Waals surface area (Å²) in [7, 11) is -3.82. The van der Waals surface area contributed by atoms with Crippen LogP contribution >= 0.6 is 15.9 Å². The molecule has 1 heterocycles.